The Hall–Kier alpha value is -1.10. The maximum Gasteiger partial charge on any atom is 0.250 e. The van der Waals surface area contributed by atoms with Crippen molar-refractivity contribution < 1.29 is 9.53 Å². The molecule has 16 heavy (non-hydrogen) atoms. The Kier molecular flexibility index (Phi) is 5.25. The number of rotatable bonds is 5. The third kappa shape index (κ3) is 4.18. The Labute approximate surface area is 99.7 Å². The van der Waals surface area contributed by atoms with Gasteiger partial charge in [0.2, 0.25) is 5.91 Å². The highest BCUT2D eigenvalue weighted by molar-refractivity contribution is 6.31. The molecule has 1 aromatic carbocycles. The molecule has 0 saturated carbocycles. The van der Waals surface area contributed by atoms with Gasteiger partial charge in [-0.2, -0.15) is 0 Å². The quantitative estimate of drug-likeness (QED) is 0.771. The van der Waals surface area contributed by atoms with Crippen molar-refractivity contribution in [1.82, 2.24) is 0 Å². The van der Waals surface area contributed by atoms with E-state index in [1.165, 1.54) is 0 Å². The lowest BCUT2D eigenvalue weighted by Gasteiger charge is -2.07. The first-order chi connectivity index (χ1) is 7.63. The molecule has 0 saturated heterocycles. The van der Waals surface area contributed by atoms with Gasteiger partial charge in [-0.3, -0.25) is 4.79 Å². The molecule has 0 fully saturated rings. The van der Waals surface area contributed by atoms with E-state index in [9.17, 15) is 4.79 Å². The Morgan fingerprint density at radius 2 is 2.31 bits per heavy atom. The third-order valence-corrected chi connectivity index (χ3v) is 2.36. The van der Waals surface area contributed by atoms with Crippen molar-refractivity contribution in [3.05, 3.63) is 28.8 Å². The topological polar surface area (TPSA) is 64.3 Å². The van der Waals surface area contributed by atoms with Crippen molar-refractivity contribution >= 4 is 23.2 Å². The van der Waals surface area contributed by atoms with E-state index in [-0.39, 0.29) is 12.5 Å². The SMILES string of the molecule is Cc1ccc(NC(=O)COCCN)cc1Cl. The number of benzene rings is 1. The van der Waals surface area contributed by atoms with Crippen LogP contribution in [0.5, 0.6) is 0 Å². The van der Waals surface area contributed by atoms with Crippen LogP contribution in [0.2, 0.25) is 5.02 Å². The molecule has 0 atom stereocenters. The zero-order valence-corrected chi connectivity index (χ0v) is 9.88. The number of hydrogen-bond donors (Lipinski definition) is 2. The van der Waals surface area contributed by atoms with Gasteiger partial charge in [0, 0.05) is 17.3 Å². The lowest BCUT2D eigenvalue weighted by Crippen LogP contribution is -2.20. The summed E-state index contributed by atoms with van der Waals surface area (Å²) in [4.78, 5) is 11.4. The summed E-state index contributed by atoms with van der Waals surface area (Å²) in [5, 5.41) is 3.31. The highest BCUT2D eigenvalue weighted by atomic mass is 35.5. The number of carbonyl (C=O) groups excluding carboxylic acids is 1. The van der Waals surface area contributed by atoms with Crippen molar-refractivity contribution in [2.45, 2.75) is 6.92 Å². The van der Waals surface area contributed by atoms with Gasteiger partial charge in [0.05, 0.1) is 6.61 Å². The summed E-state index contributed by atoms with van der Waals surface area (Å²) in [5.74, 6) is -0.214. The second kappa shape index (κ2) is 6.48. The molecule has 0 aliphatic rings. The summed E-state index contributed by atoms with van der Waals surface area (Å²) in [6.45, 7) is 2.69. The zero-order valence-electron chi connectivity index (χ0n) is 9.13. The number of nitrogens with two attached hydrogens (primary N) is 1. The normalized spacial score (nSPS) is 10.2. The van der Waals surface area contributed by atoms with Crippen LogP contribution in [0.3, 0.4) is 0 Å². The fourth-order valence-electron chi connectivity index (χ4n) is 1.12. The van der Waals surface area contributed by atoms with E-state index < -0.39 is 0 Å². The number of nitrogens with one attached hydrogen (secondary N) is 1. The van der Waals surface area contributed by atoms with Crippen molar-refractivity contribution in [3.63, 3.8) is 0 Å². The van der Waals surface area contributed by atoms with E-state index in [0.717, 1.165) is 5.56 Å². The average Bonchev–Trinajstić information content (AvgIpc) is 2.24. The maximum atomic E-state index is 11.4. The molecule has 4 nitrogen and oxygen atoms in total. The molecule has 88 valence electrons. The molecule has 1 amide bonds. The summed E-state index contributed by atoms with van der Waals surface area (Å²) >= 11 is 5.92. The lowest BCUT2D eigenvalue weighted by molar-refractivity contribution is -0.120. The number of anilines is 1. The van der Waals surface area contributed by atoms with E-state index in [0.29, 0.717) is 23.9 Å². The van der Waals surface area contributed by atoms with Crippen LogP contribution >= 0.6 is 11.6 Å². The Balaban J connectivity index is 2.46. The molecule has 0 aliphatic heterocycles. The molecule has 0 heterocycles. The molecule has 0 bridgehead atoms. The summed E-state index contributed by atoms with van der Waals surface area (Å²) in [7, 11) is 0. The number of hydrogen-bond acceptors (Lipinski definition) is 3. The minimum Gasteiger partial charge on any atom is -0.370 e. The van der Waals surface area contributed by atoms with Crippen LogP contribution in [0.1, 0.15) is 5.56 Å². The van der Waals surface area contributed by atoms with Crippen LogP contribution in [-0.2, 0) is 9.53 Å². The van der Waals surface area contributed by atoms with Gasteiger partial charge in [-0.15, -0.1) is 0 Å². The standard InChI is InChI=1S/C11H15ClN2O2/c1-8-2-3-9(6-10(8)12)14-11(15)7-16-5-4-13/h2-3,6H,4-5,7,13H2,1H3,(H,14,15). The van der Waals surface area contributed by atoms with Gasteiger partial charge in [0.1, 0.15) is 6.61 Å². The van der Waals surface area contributed by atoms with Crippen molar-refractivity contribution in [2.75, 3.05) is 25.1 Å². The van der Waals surface area contributed by atoms with Crippen LogP contribution in [0.15, 0.2) is 18.2 Å². The van der Waals surface area contributed by atoms with Crippen LogP contribution in [-0.4, -0.2) is 25.7 Å². The molecule has 0 spiro atoms. The number of amides is 1. The van der Waals surface area contributed by atoms with E-state index in [1.807, 2.05) is 13.0 Å². The third-order valence-electron chi connectivity index (χ3n) is 1.95. The number of halogens is 1. The van der Waals surface area contributed by atoms with E-state index >= 15 is 0 Å². The molecule has 1 rings (SSSR count). The number of aryl methyl sites for hydroxylation is 1. The minimum atomic E-state index is -0.214. The highest BCUT2D eigenvalue weighted by Gasteiger charge is 2.03. The fourth-order valence-corrected chi connectivity index (χ4v) is 1.30. The number of ether oxygens (including phenoxy) is 1. The molecule has 0 radical (unpaired) electrons. The van der Waals surface area contributed by atoms with Gasteiger partial charge < -0.3 is 15.8 Å². The molecule has 0 unspecified atom stereocenters. The second-order valence-corrected chi connectivity index (χ2v) is 3.76. The summed E-state index contributed by atoms with van der Waals surface area (Å²) in [6, 6.07) is 5.35. The number of carbonyl (C=O) groups is 1. The van der Waals surface area contributed by atoms with Crippen molar-refractivity contribution in [3.8, 4) is 0 Å². The molecule has 3 N–H and O–H groups in total. The monoisotopic (exact) mass is 242 g/mol. The largest absolute Gasteiger partial charge is 0.370 e. The molecular weight excluding hydrogens is 228 g/mol. The van der Waals surface area contributed by atoms with Gasteiger partial charge in [-0.05, 0) is 24.6 Å². The van der Waals surface area contributed by atoms with E-state index in [4.69, 9.17) is 22.1 Å². The van der Waals surface area contributed by atoms with Crippen molar-refractivity contribution in [1.29, 1.82) is 0 Å². The molecular formula is C11H15ClN2O2. The van der Waals surface area contributed by atoms with Crippen LogP contribution in [0.4, 0.5) is 5.69 Å². The van der Waals surface area contributed by atoms with Gasteiger partial charge in [0.25, 0.3) is 0 Å². The predicted octanol–water partition coefficient (Wildman–Crippen LogP) is 1.56. The van der Waals surface area contributed by atoms with Crippen LogP contribution < -0.4 is 11.1 Å². The van der Waals surface area contributed by atoms with E-state index in [2.05, 4.69) is 5.32 Å². The van der Waals surface area contributed by atoms with Gasteiger partial charge in [0.15, 0.2) is 0 Å². The average molecular weight is 243 g/mol. The predicted molar refractivity (Wildman–Crippen MR) is 64.7 cm³/mol. The maximum absolute atomic E-state index is 11.4. The summed E-state index contributed by atoms with van der Waals surface area (Å²) in [5.41, 5.74) is 6.86. The molecule has 5 heteroatoms. The first kappa shape index (κ1) is 13.0. The van der Waals surface area contributed by atoms with E-state index in [1.54, 1.807) is 12.1 Å². The Morgan fingerprint density at radius 3 is 2.94 bits per heavy atom. The molecule has 0 aromatic heterocycles. The zero-order chi connectivity index (χ0) is 12.0. The van der Waals surface area contributed by atoms with Gasteiger partial charge >= 0.3 is 0 Å². The Bertz CT molecular complexity index is 369. The summed E-state index contributed by atoms with van der Waals surface area (Å²) < 4.78 is 5.00. The van der Waals surface area contributed by atoms with Crippen LogP contribution in [0, 0.1) is 6.92 Å². The second-order valence-electron chi connectivity index (χ2n) is 3.35. The molecule has 0 aliphatic carbocycles. The summed E-state index contributed by atoms with van der Waals surface area (Å²) in [6.07, 6.45) is 0. The Morgan fingerprint density at radius 1 is 1.56 bits per heavy atom. The first-order valence-corrected chi connectivity index (χ1v) is 5.35. The van der Waals surface area contributed by atoms with Crippen LogP contribution in [0.25, 0.3) is 0 Å². The minimum absolute atomic E-state index is 0.00267. The highest BCUT2D eigenvalue weighted by Crippen LogP contribution is 2.19. The molecule has 1 aromatic rings. The van der Waals surface area contributed by atoms with Gasteiger partial charge in [-0.25, -0.2) is 0 Å². The van der Waals surface area contributed by atoms with Gasteiger partial charge in [-0.1, -0.05) is 17.7 Å². The smallest absolute Gasteiger partial charge is 0.250 e. The van der Waals surface area contributed by atoms with Crippen molar-refractivity contribution in [2.24, 2.45) is 5.73 Å². The fraction of sp³-hybridized carbons (Fsp3) is 0.364. The lowest BCUT2D eigenvalue weighted by atomic mass is 10.2. The first-order valence-electron chi connectivity index (χ1n) is 4.97.